The molecule has 2 rings (SSSR count). The van der Waals surface area contributed by atoms with Gasteiger partial charge in [0.1, 0.15) is 10.8 Å². The molecular weight excluding hydrogens is 256 g/mol. The molecule has 2 aromatic rings. The van der Waals surface area contributed by atoms with E-state index in [-0.39, 0.29) is 0 Å². The molecule has 1 aromatic heterocycles. The molecule has 0 saturated heterocycles. The molecule has 0 aliphatic rings. The summed E-state index contributed by atoms with van der Waals surface area (Å²) in [5, 5.41) is 6.74. The van der Waals surface area contributed by atoms with Crippen molar-refractivity contribution in [3.05, 3.63) is 45.9 Å². The van der Waals surface area contributed by atoms with Crippen LogP contribution < -0.4 is 10.1 Å². The van der Waals surface area contributed by atoms with Crippen LogP contribution in [0, 0.1) is 6.92 Å². The van der Waals surface area contributed by atoms with Gasteiger partial charge in [-0.25, -0.2) is 4.98 Å². The third-order valence-corrected chi connectivity index (χ3v) is 4.06. The Bertz CT molecular complexity index is 511. The zero-order valence-electron chi connectivity index (χ0n) is 11.6. The number of ether oxygens (including phenoxy) is 1. The summed E-state index contributed by atoms with van der Waals surface area (Å²) in [6.45, 7) is 5.10. The number of hydrogen-bond acceptors (Lipinski definition) is 4. The second kappa shape index (κ2) is 6.68. The summed E-state index contributed by atoms with van der Waals surface area (Å²) in [7, 11) is 1.70. The first-order valence-electron chi connectivity index (χ1n) is 6.51. The minimum Gasteiger partial charge on any atom is -0.496 e. The molecule has 0 saturated carbocycles. The minimum absolute atomic E-state index is 0.336. The third-order valence-electron chi connectivity index (χ3n) is 3.17. The number of rotatable bonds is 6. The minimum atomic E-state index is 0.336. The Morgan fingerprint density at radius 1 is 1.42 bits per heavy atom. The molecule has 0 fully saturated rings. The first-order chi connectivity index (χ1) is 9.24. The fourth-order valence-corrected chi connectivity index (χ4v) is 2.90. The maximum atomic E-state index is 5.28. The summed E-state index contributed by atoms with van der Waals surface area (Å²) < 4.78 is 5.28. The monoisotopic (exact) mass is 276 g/mol. The summed E-state index contributed by atoms with van der Waals surface area (Å²) >= 11 is 1.71. The van der Waals surface area contributed by atoms with Crippen LogP contribution in [-0.2, 0) is 6.54 Å². The summed E-state index contributed by atoms with van der Waals surface area (Å²) in [5.41, 5.74) is 2.44. The molecule has 1 aromatic carbocycles. The smallest absolute Gasteiger partial charge is 0.121 e. The number of benzene rings is 1. The lowest BCUT2D eigenvalue weighted by Crippen LogP contribution is -2.20. The second-order valence-electron chi connectivity index (χ2n) is 4.52. The average molecular weight is 276 g/mol. The van der Waals surface area contributed by atoms with Gasteiger partial charge >= 0.3 is 0 Å². The summed E-state index contributed by atoms with van der Waals surface area (Å²) in [4.78, 5) is 4.38. The Hall–Kier alpha value is -1.39. The predicted octanol–water partition coefficient (Wildman–Crippen LogP) is 3.70. The predicted molar refractivity (Wildman–Crippen MR) is 79.7 cm³/mol. The van der Waals surface area contributed by atoms with E-state index in [1.54, 1.807) is 18.4 Å². The number of methoxy groups -OCH3 is 1. The standard InChI is InChI=1S/C15H20N2OS/c1-4-13(15-16-7-8-19-15)17-10-12-5-6-14(18-3)11(2)9-12/h5-9,13,17H,4,10H2,1-3H3. The van der Waals surface area contributed by atoms with Crippen molar-refractivity contribution in [1.82, 2.24) is 10.3 Å². The van der Waals surface area contributed by atoms with Crippen molar-refractivity contribution >= 4 is 11.3 Å². The average Bonchev–Trinajstić information content (AvgIpc) is 2.94. The van der Waals surface area contributed by atoms with Crippen molar-refractivity contribution < 1.29 is 4.74 Å². The van der Waals surface area contributed by atoms with Crippen LogP contribution in [0.5, 0.6) is 5.75 Å². The van der Waals surface area contributed by atoms with Crippen molar-refractivity contribution in [2.24, 2.45) is 0 Å². The number of aromatic nitrogens is 1. The Morgan fingerprint density at radius 3 is 2.84 bits per heavy atom. The SMILES string of the molecule is CCC(NCc1ccc(OC)c(C)c1)c1nccs1. The highest BCUT2D eigenvalue weighted by molar-refractivity contribution is 7.09. The quantitative estimate of drug-likeness (QED) is 0.873. The highest BCUT2D eigenvalue weighted by Gasteiger charge is 2.11. The molecule has 0 radical (unpaired) electrons. The zero-order valence-corrected chi connectivity index (χ0v) is 12.5. The molecule has 19 heavy (non-hydrogen) atoms. The number of thiazole rings is 1. The van der Waals surface area contributed by atoms with E-state index in [9.17, 15) is 0 Å². The van der Waals surface area contributed by atoms with Gasteiger partial charge in [-0.15, -0.1) is 11.3 Å². The fourth-order valence-electron chi connectivity index (χ4n) is 2.10. The van der Waals surface area contributed by atoms with E-state index >= 15 is 0 Å². The Balaban J connectivity index is 1.99. The van der Waals surface area contributed by atoms with Crippen molar-refractivity contribution in [2.75, 3.05) is 7.11 Å². The Kier molecular flexibility index (Phi) is 4.93. The first-order valence-corrected chi connectivity index (χ1v) is 7.38. The number of nitrogens with one attached hydrogen (secondary N) is 1. The van der Waals surface area contributed by atoms with E-state index < -0.39 is 0 Å². The largest absolute Gasteiger partial charge is 0.496 e. The summed E-state index contributed by atoms with van der Waals surface area (Å²) in [5.74, 6) is 0.940. The van der Waals surface area contributed by atoms with E-state index in [0.717, 1.165) is 23.7 Å². The molecule has 0 amide bonds. The molecule has 102 valence electrons. The molecule has 1 atom stereocenters. The van der Waals surface area contributed by atoms with Gasteiger partial charge in [0.2, 0.25) is 0 Å². The van der Waals surface area contributed by atoms with Crippen LogP contribution >= 0.6 is 11.3 Å². The van der Waals surface area contributed by atoms with Gasteiger partial charge in [0.05, 0.1) is 13.2 Å². The number of nitrogens with zero attached hydrogens (tertiary/aromatic N) is 1. The van der Waals surface area contributed by atoms with Crippen LogP contribution in [0.25, 0.3) is 0 Å². The second-order valence-corrected chi connectivity index (χ2v) is 5.44. The van der Waals surface area contributed by atoms with Gasteiger partial charge in [0.25, 0.3) is 0 Å². The van der Waals surface area contributed by atoms with Crippen LogP contribution in [0.2, 0.25) is 0 Å². The highest BCUT2D eigenvalue weighted by atomic mass is 32.1. The van der Waals surface area contributed by atoms with E-state index in [1.807, 2.05) is 17.6 Å². The van der Waals surface area contributed by atoms with Crippen LogP contribution in [-0.4, -0.2) is 12.1 Å². The molecule has 1 unspecified atom stereocenters. The number of aryl methyl sites for hydroxylation is 1. The van der Waals surface area contributed by atoms with Gasteiger partial charge in [0, 0.05) is 18.1 Å². The van der Waals surface area contributed by atoms with E-state index in [1.165, 1.54) is 11.1 Å². The van der Waals surface area contributed by atoms with Crippen LogP contribution in [0.4, 0.5) is 0 Å². The lowest BCUT2D eigenvalue weighted by molar-refractivity contribution is 0.411. The van der Waals surface area contributed by atoms with E-state index in [4.69, 9.17) is 4.74 Å². The molecule has 3 nitrogen and oxygen atoms in total. The summed E-state index contributed by atoms with van der Waals surface area (Å²) in [6, 6.07) is 6.63. The van der Waals surface area contributed by atoms with E-state index in [2.05, 4.69) is 36.3 Å². The zero-order chi connectivity index (χ0) is 13.7. The van der Waals surface area contributed by atoms with Gasteiger partial charge < -0.3 is 10.1 Å². The lowest BCUT2D eigenvalue weighted by atomic mass is 10.1. The fraction of sp³-hybridized carbons (Fsp3) is 0.400. The van der Waals surface area contributed by atoms with Gasteiger partial charge in [-0.2, -0.15) is 0 Å². The van der Waals surface area contributed by atoms with Crippen LogP contribution in [0.3, 0.4) is 0 Å². The van der Waals surface area contributed by atoms with E-state index in [0.29, 0.717) is 6.04 Å². The van der Waals surface area contributed by atoms with Crippen LogP contribution in [0.1, 0.15) is 35.5 Å². The third kappa shape index (κ3) is 3.55. The Labute approximate surface area is 118 Å². The van der Waals surface area contributed by atoms with Crippen molar-refractivity contribution in [3.63, 3.8) is 0 Å². The molecule has 1 N–H and O–H groups in total. The molecule has 0 aliphatic carbocycles. The summed E-state index contributed by atoms with van der Waals surface area (Å²) in [6.07, 6.45) is 2.91. The molecule has 1 heterocycles. The van der Waals surface area contributed by atoms with Gasteiger partial charge in [-0.1, -0.05) is 19.1 Å². The highest BCUT2D eigenvalue weighted by Crippen LogP contribution is 2.21. The van der Waals surface area contributed by atoms with Crippen molar-refractivity contribution in [3.8, 4) is 5.75 Å². The normalized spacial score (nSPS) is 12.4. The topological polar surface area (TPSA) is 34.1 Å². The molecule has 0 spiro atoms. The van der Waals surface area contributed by atoms with Gasteiger partial charge in [-0.05, 0) is 30.5 Å². The molecule has 4 heteroatoms. The maximum absolute atomic E-state index is 5.28. The Morgan fingerprint density at radius 2 is 2.26 bits per heavy atom. The lowest BCUT2D eigenvalue weighted by Gasteiger charge is -2.15. The molecular formula is C15H20N2OS. The van der Waals surface area contributed by atoms with Crippen molar-refractivity contribution in [1.29, 1.82) is 0 Å². The number of hydrogen-bond donors (Lipinski definition) is 1. The molecule has 0 bridgehead atoms. The molecule has 0 aliphatic heterocycles. The van der Waals surface area contributed by atoms with Crippen LogP contribution in [0.15, 0.2) is 29.8 Å². The van der Waals surface area contributed by atoms with Gasteiger partial charge in [0.15, 0.2) is 0 Å². The maximum Gasteiger partial charge on any atom is 0.121 e. The van der Waals surface area contributed by atoms with Gasteiger partial charge in [-0.3, -0.25) is 0 Å². The first kappa shape index (κ1) is 14.0. The van der Waals surface area contributed by atoms with Crippen molar-refractivity contribution in [2.45, 2.75) is 32.9 Å².